The molecule has 1 fully saturated rings. The van der Waals surface area contributed by atoms with Gasteiger partial charge in [0.1, 0.15) is 11.8 Å². The average Bonchev–Trinajstić information content (AvgIpc) is 3.03. The summed E-state index contributed by atoms with van der Waals surface area (Å²) in [5.41, 5.74) is 3.92. The highest BCUT2D eigenvalue weighted by molar-refractivity contribution is 5.97. The monoisotopic (exact) mass is 334 g/mol. The standard InChI is InChI=1S/C19H18N4O2/c1-12-18(25-11-19(2)9-24-10-19)22-8-16(23-12)15-7-21-17-13(6-20)4-3-5-14(15)17/h3-5,7-8,21H,9-11H2,1-2H3. The first-order chi connectivity index (χ1) is 12.1. The van der Waals surface area contributed by atoms with Gasteiger partial charge in [0.2, 0.25) is 5.88 Å². The smallest absolute Gasteiger partial charge is 0.235 e. The van der Waals surface area contributed by atoms with Crippen LogP contribution in [-0.2, 0) is 4.74 Å². The van der Waals surface area contributed by atoms with Gasteiger partial charge in [0.15, 0.2) is 0 Å². The highest BCUT2D eigenvalue weighted by Gasteiger charge is 2.34. The number of para-hydroxylation sites is 1. The van der Waals surface area contributed by atoms with E-state index in [-0.39, 0.29) is 5.41 Å². The number of hydrogen-bond acceptors (Lipinski definition) is 5. The number of aryl methyl sites for hydroxylation is 1. The molecule has 3 heterocycles. The van der Waals surface area contributed by atoms with E-state index in [1.54, 1.807) is 12.3 Å². The Morgan fingerprint density at radius 1 is 1.40 bits per heavy atom. The topological polar surface area (TPSA) is 83.8 Å². The highest BCUT2D eigenvalue weighted by atomic mass is 16.5. The molecule has 0 amide bonds. The quantitative estimate of drug-likeness (QED) is 0.792. The molecule has 25 heavy (non-hydrogen) atoms. The molecular weight excluding hydrogens is 316 g/mol. The van der Waals surface area contributed by atoms with Crippen molar-refractivity contribution in [2.75, 3.05) is 19.8 Å². The zero-order valence-corrected chi connectivity index (χ0v) is 14.2. The first-order valence-corrected chi connectivity index (χ1v) is 8.14. The van der Waals surface area contributed by atoms with Crippen LogP contribution < -0.4 is 4.74 Å². The lowest BCUT2D eigenvalue weighted by Gasteiger charge is -2.37. The van der Waals surface area contributed by atoms with Gasteiger partial charge < -0.3 is 14.5 Å². The third-order valence-corrected chi connectivity index (χ3v) is 4.47. The van der Waals surface area contributed by atoms with Crippen molar-refractivity contribution >= 4 is 10.9 Å². The number of benzene rings is 1. The summed E-state index contributed by atoms with van der Waals surface area (Å²) < 4.78 is 11.1. The van der Waals surface area contributed by atoms with Crippen LogP contribution >= 0.6 is 0 Å². The summed E-state index contributed by atoms with van der Waals surface area (Å²) in [5, 5.41) is 10.2. The summed E-state index contributed by atoms with van der Waals surface area (Å²) in [6.07, 6.45) is 3.58. The van der Waals surface area contributed by atoms with Crippen molar-refractivity contribution in [1.29, 1.82) is 5.26 Å². The molecule has 1 aliphatic heterocycles. The van der Waals surface area contributed by atoms with Crippen LogP contribution in [0.1, 0.15) is 18.2 Å². The second-order valence-corrected chi connectivity index (χ2v) is 6.78. The van der Waals surface area contributed by atoms with Crippen molar-refractivity contribution in [1.82, 2.24) is 15.0 Å². The number of nitrogens with zero attached hydrogens (tertiary/aromatic N) is 3. The highest BCUT2D eigenvalue weighted by Crippen LogP contribution is 2.31. The van der Waals surface area contributed by atoms with Crippen LogP contribution in [0.3, 0.4) is 0 Å². The molecule has 2 aromatic heterocycles. The number of H-pyrrole nitrogens is 1. The normalized spacial score (nSPS) is 15.6. The van der Waals surface area contributed by atoms with E-state index in [9.17, 15) is 5.26 Å². The van der Waals surface area contributed by atoms with Crippen LogP contribution in [0, 0.1) is 23.7 Å². The van der Waals surface area contributed by atoms with Gasteiger partial charge in [-0.2, -0.15) is 5.26 Å². The van der Waals surface area contributed by atoms with Crippen molar-refractivity contribution in [3.63, 3.8) is 0 Å². The molecule has 0 bridgehead atoms. The van der Waals surface area contributed by atoms with Crippen LogP contribution in [0.4, 0.5) is 0 Å². The summed E-state index contributed by atoms with van der Waals surface area (Å²) in [6.45, 7) is 6.02. The summed E-state index contributed by atoms with van der Waals surface area (Å²) in [7, 11) is 0. The number of ether oxygens (including phenoxy) is 2. The molecule has 126 valence electrons. The Kier molecular flexibility index (Phi) is 3.66. The van der Waals surface area contributed by atoms with Gasteiger partial charge in [-0.25, -0.2) is 9.97 Å². The number of nitriles is 1. The van der Waals surface area contributed by atoms with Crippen LogP contribution in [-0.4, -0.2) is 34.8 Å². The maximum Gasteiger partial charge on any atom is 0.235 e. The Labute approximate surface area is 145 Å². The van der Waals surface area contributed by atoms with E-state index in [4.69, 9.17) is 9.47 Å². The molecule has 1 aliphatic rings. The average molecular weight is 334 g/mol. The minimum Gasteiger partial charge on any atom is -0.476 e. The maximum atomic E-state index is 9.22. The number of rotatable bonds is 4. The third-order valence-electron chi connectivity index (χ3n) is 4.47. The molecule has 6 heteroatoms. The fourth-order valence-corrected chi connectivity index (χ4v) is 2.98. The molecule has 1 aromatic carbocycles. The summed E-state index contributed by atoms with van der Waals surface area (Å²) in [4.78, 5) is 12.2. The molecule has 0 unspecified atom stereocenters. The minimum absolute atomic E-state index is 0.0668. The first kappa shape index (κ1) is 15.6. The molecule has 0 atom stereocenters. The predicted octanol–water partition coefficient (Wildman–Crippen LogP) is 3.22. The molecule has 1 N–H and O–H groups in total. The third kappa shape index (κ3) is 2.73. The van der Waals surface area contributed by atoms with Crippen LogP contribution in [0.5, 0.6) is 5.88 Å². The molecule has 4 rings (SSSR count). The fourth-order valence-electron chi connectivity index (χ4n) is 2.98. The fraction of sp³-hybridized carbons (Fsp3) is 0.316. The Morgan fingerprint density at radius 2 is 2.24 bits per heavy atom. The van der Waals surface area contributed by atoms with E-state index in [1.807, 2.05) is 25.3 Å². The molecule has 6 nitrogen and oxygen atoms in total. The van der Waals surface area contributed by atoms with Crippen molar-refractivity contribution < 1.29 is 9.47 Å². The van der Waals surface area contributed by atoms with E-state index < -0.39 is 0 Å². The number of aromatic amines is 1. The van der Waals surface area contributed by atoms with Gasteiger partial charge in [0, 0.05) is 22.6 Å². The molecule has 0 spiro atoms. The molecule has 0 radical (unpaired) electrons. The van der Waals surface area contributed by atoms with E-state index in [0.29, 0.717) is 31.3 Å². The lowest BCUT2D eigenvalue weighted by Crippen LogP contribution is -2.44. The molecule has 1 saturated heterocycles. The van der Waals surface area contributed by atoms with E-state index >= 15 is 0 Å². The van der Waals surface area contributed by atoms with Crippen molar-refractivity contribution in [2.24, 2.45) is 5.41 Å². The largest absolute Gasteiger partial charge is 0.476 e. The van der Waals surface area contributed by atoms with Gasteiger partial charge in [0.25, 0.3) is 0 Å². The maximum absolute atomic E-state index is 9.22. The van der Waals surface area contributed by atoms with Crippen molar-refractivity contribution in [2.45, 2.75) is 13.8 Å². The second kappa shape index (κ2) is 5.87. The van der Waals surface area contributed by atoms with E-state index in [2.05, 4.69) is 27.9 Å². The van der Waals surface area contributed by atoms with E-state index in [0.717, 1.165) is 27.9 Å². The van der Waals surface area contributed by atoms with Gasteiger partial charge in [-0.1, -0.05) is 19.1 Å². The van der Waals surface area contributed by atoms with Gasteiger partial charge in [0.05, 0.1) is 42.8 Å². The number of aromatic nitrogens is 3. The van der Waals surface area contributed by atoms with Gasteiger partial charge >= 0.3 is 0 Å². The van der Waals surface area contributed by atoms with Gasteiger partial charge in [-0.05, 0) is 13.0 Å². The van der Waals surface area contributed by atoms with Crippen LogP contribution in [0.25, 0.3) is 22.2 Å². The zero-order valence-electron chi connectivity index (χ0n) is 14.2. The van der Waals surface area contributed by atoms with Crippen LogP contribution in [0.2, 0.25) is 0 Å². The van der Waals surface area contributed by atoms with Crippen LogP contribution in [0.15, 0.2) is 30.6 Å². The lowest BCUT2D eigenvalue weighted by atomic mass is 9.90. The summed E-state index contributed by atoms with van der Waals surface area (Å²) in [6, 6.07) is 7.84. The van der Waals surface area contributed by atoms with E-state index in [1.165, 1.54) is 0 Å². The SMILES string of the molecule is Cc1nc(-c2c[nH]c3c(C#N)cccc23)cnc1OCC1(C)COC1. The zero-order chi connectivity index (χ0) is 17.4. The van der Waals surface area contributed by atoms with Gasteiger partial charge in [-0.3, -0.25) is 0 Å². The number of nitrogens with one attached hydrogen (secondary N) is 1. The lowest BCUT2D eigenvalue weighted by molar-refractivity contribution is -0.120. The number of fused-ring (bicyclic) bond motifs is 1. The van der Waals surface area contributed by atoms with Crippen molar-refractivity contribution in [3.8, 4) is 23.2 Å². The Hall–Kier alpha value is -2.91. The minimum atomic E-state index is 0.0668. The second-order valence-electron chi connectivity index (χ2n) is 6.78. The molecule has 0 saturated carbocycles. The summed E-state index contributed by atoms with van der Waals surface area (Å²) >= 11 is 0. The Morgan fingerprint density at radius 3 is 2.92 bits per heavy atom. The Balaban J connectivity index is 1.64. The predicted molar refractivity (Wildman–Crippen MR) is 93.2 cm³/mol. The number of hydrogen-bond donors (Lipinski definition) is 1. The molecular formula is C19H18N4O2. The molecule has 3 aromatic rings. The van der Waals surface area contributed by atoms with Crippen molar-refractivity contribution in [3.05, 3.63) is 41.9 Å². The van der Waals surface area contributed by atoms with Gasteiger partial charge in [-0.15, -0.1) is 0 Å². The summed E-state index contributed by atoms with van der Waals surface area (Å²) in [5.74, 6) is 0.550. The Bertz CT molecular complexity index is 983. The molecule has 0 aliphatic carbocycles. The first-order valence-electron chi connectivity index (χ1n) is 8.14.